The fourth-order valence-electron chi connectivity index (χ4n) is 2.44. The van der Waals surface area contributed by atoms with Crippen LogP contribution in [-0.4, -0.2) is 32.6 Å². The molecule has 0 aliphatic rings. The lowest BCUT2D eigenvalue weighted by atomic mass is 10.2. The average Bonchev–Trinajstić information content (AvgIpc) is 3.25. The summed E-state index contributed by atoms with van der Waals surface area (Å²) >= 11 is 12.6. The zero-order valence-electron chi connectivity index (χ0n) is 16.8. The first-order valence-corrected chi connectivity index (χ1v) is 10.7. The minimum atomic E-state index is -4.67. The highest BCUT2D eigenvalue weighted by atomic mass is 35.5. The minimum Gasteiger partial charge on any atom is -0.382 e. The molecule has 0 fully saturated rings. The molecule has 3 aromatic heterocycles. The van der Waals surface area contributed by atoms with Gasteiger partial charge in [-0.3, -0.25) is 10.1 Å². The molecule has 0 radical (unpaired) electrons. The predicted octanol–water partition coefficient (Wildman–Crippen LogP) is 4.31. The van der Waals surface area contributed by atoms with Crippen LogP contribution in [0.25, 0.3) is 0 Å². The van der Waals surface area contributed by atoms with Gasteiger partial charge in [0, 0.05) is 6.20 Å². The first kappa shape index (κ1) is 25.1. The molecule has 1 atom stereocenters. The number of hydrogen-bond acceptors (Lipinski definition) is 9. The van der Waals surface area contributed by atoms with Gasteiger partial charge in [-0.1, -0.05) is 23.2 Å². The van der Waals surface area contributed by atoms with Crippen molar-refractivity contribution in [3.05, 3.63) is 56.0 Å². The Kier molecular flexibility index (Phi) is 8.02. The predicted molar refractivity (Wildman–Crippen MR) is 117 cm³/mol. The van der Waals surface area contributed by atoms with Crippen LogP contribution in [0, 0.1) is 0 Å². The Morgan fingerprint density at radius 3 is 2.73 bits per heavy atom. The van der Waals surface area contributed by atoms with Crippen LogP contribution in [0.3, 0.4) is 0 Å². The molecule has 3 aromatic rings. The number of carbonyl (C=O) groups excluding carboxylic acids is 1. The van der Waals surface area contributed by atoms with Crippen LogP contribution >= 0.6 is 34.5 Å². The number of carbonyl (C=O) groups is 1. The molecule has 15 heteroatoms. The lowest BCUT2D eigenvalue weighted by molar-refractivity contribution is -0.137. The van der Waals surface area contributed by atoms with E-state index in [0.29, 0.717) is 16.8 Å². The summed E-state index contributed by atoms with van der Waals surface area (Å²) in [6.07, 6.45) is -1.25. The second kappa shape index (κ2) is 10.6. The maximum absolute atomic E-state index is 13.0. The van der Waals surface area contributed by atoms with Crippen molar-refractivity contribution in [3.8, 4) is 0 Å². The lowest BCUT2D eigenvalue weighted by Crippen LogP contribution is -2.22. The zero-order valence-corrected chi connectivity index (χ0v) is 19.1. The number of nitrogen functional groups attached to an aromatic ring is 1. The van der Waals surface area contributed by atoms with E-state index in [0.717, 1.165) is 17.5 Å². The summed E-state index contributed by atoms with van der Waals surface area (Å²) in [6, 6.07) is 0.384. The van der Waals surface area contributed by atoms with Gasteiger partial charge in [-0.2, -0.15) is 13.2 Å². The molecule has 0 spiro atoms. The van der Waals surface area contributed by atoms with E-state index in [1.807, 2.05) is 0 Å². The number of aromatic nitrogens is 4. The van der Waals surface area contributed by atoms with Gasteiger partial charge < -0.3 is 15.8 Å². The van der Waals surface area contributed by atoms with E-state index in [9.17, 15) is 18.0 Å². The van der Waals surface area contributed by atoms with Crippen LogP contribution in [0.1, 0.15) is 38.9 Å². The quantitative estimate of drug-likeness (QED) is 0.295. The van der Waals surface area contributed by atoms with E-state index < -0.39 is 22.7 Å². The summed E-state index contributed by atoms with van der Waals surface area (Å²) < 4.78 is 44.4. The number of nitrogens with one attached hydrogen (secondary N) is 2. The van der Waals surface area contributed by atoms with Crippen molar-refractivity contribution in [3.63, 3.8) is 0 Å². The van der Waals surface area contributed by atoms with Crippen LogP contribution in [0.5, 0.6) is 0 Å². The first-order valence-electron chi connectivity index (χ1n) is 9.12. The Bertz CT molecular complexity index is 1150. The van der Waals surface area contributed by atoms with E-state index in [2.05, 4.69) is 30.6 Å². The highest BCUT2D eigenvalue weighted by Crippen LogP contribution is 2.35. The van der Waals surface area contributed by atoms with Crippen LogP contribution in [0.2, 0.25) is 10.0 Å². The smallest absolute Gasteiger partial charge is 0.382 e. The van der Waals surface area contributed by atoms with Gasteiger partial charge in [-0.25, -0.2) is 19.9 Å². The van der Waals surface area contributed by atoms with E-state index in [1.54, 1.807) is 6.92 Å². The molecule has 0 saturated carbocycles. The molecule has 33 heavy (non-hydrogen) atoms. The third-order valence-electron chi connectivity index (χ3n) is 4.14. The summed E-state index contributed by atoms with van der Waals surface area (Å²) in [5, 5.41) is 5.59. The number of alkyl halides is 3. The molecule has 3 rings (SSSR count). The van der Waals surface area contributed by atoms with Crippen molar-refractivity contribution in [1.29, 1.82) is 0 Å². The molecule has 0 aromatic carbocycles. The van der Waals surface area contributed by atoms with Crippen molar-refractivity contribution in [2.45, 2.75) is 25.7 Å². The molecule has 4 N–H and O–H groups in total. The summed E-state index contributed by atoms with van der Waals surface area (Å²) in [6.45, 7) is 2.03. The standard InChI is InChI=1S/C18H16Cl2F3N7O2S/c1-8(29-7-32-5-11-14(20)15(24)28-6-27-11)17-26-4-12(33-17)16(31)30-13-2-9(18(21,22)23)10(19)3-25-13/h2-4,6,8,29H,5,7H2,1H3,(H2,24,27,28)(H,25,30,31)/t8-/m1/s1. The van der Waals surface area contributed by atoms with Gasteiger partial charge in [0.05, 0.1) is 41.9 Å². The van der Waals surface area contributed by atoms with Gasteiger partial charge in [-0.15, -0.1) is 11.3 Å². The summed E-state index contributed by atoms with van der Waals surface area (Å²) in [7, 11) is 0. The number of rotatable bonds is 8. The SMILES string of the molecule is C[C@@H](NCOCc1ncnc(N)c1Cl)c1ncc(C(=O)Nc2cc(C(F)(F)F)c(Cl)cn2)s1. The van der Waals surface area contributed by atoms with Crippen molar-refractivity contribution in [2.75, 3.05) is 17.8 Å². The molecule has 0 aliphatic carbocycles. The number of ether oxygens (including phenoxy) is 1. The van der Waals surface area contributed by atoms with Crippen molar-refractivity contribution in [2.24, 2.45) is 0 Å². The Balaban J connectivity index is 1.54. The van der Waals surface area contributed by atoms with Gasteiger partial charge >= 0.3 is 6.18 Å². The molecule has 0 aliphatic heterocycles. The highest BCUT2D eigenvalue weighted by molar-refractivity contribution is 7.13. The third-order valence-corrected chi connectivity index (χ3v) is 6.03. The van der Waals surface area contributed by atoms with E-state index in [1.165, 1.54) is 12.5 Å². The maximum atomic E-state index is 13.0. The van der Waals surface area contributed by atoms with E-state index >= 15 is 0 Å². The number of amides is 1. The fourth-order valence-corrected chi connectivity index (χ4v) is 3.64. The van der Waals surface area contributed by atoms with Crippen LogP contribution in [0.15, 0.2) is 24.8 Å². The van der Waals surface area contributed by atoms with Gasteiger partial charge in [0.1, 0.15) is 32.9 Å². The summed E-state index contributed by atoms with van der Waals surface area (Å²) in [5.74, 6) is -0.778. The van der Waals surface area contributed by atoms with E-state index in [-0.39, 0.29) is 40.9 Å². The van der Waals surface area contributed by atoms with Gasteiger partial charge in [0.2, 0.25) is 0 Å². The normalized spacial score (nSPS) is 12.5. The monoisotopic (exact) mass is 521 g/mol. The Morgan fingerprint density at radius 1 is 1.24 bits per heavy atom. The third kappa shape index (κ3) is 6.48. The number of thiazole rings is 1. The van der Waals surface area contributed by atoms with Crippen LogP contribution in [0.4, 0.5) is 24.8 Å². The minimum absolute atomic E-state index is 0.102. The topological polar surface area (TPSA) is 128 Å². The van der Waals surface area contributed by atoms with Gasteiger partial charge in [0.25, 0.3) is 5.91 Å². The maximum Gasteiger partial charge on any atom is 0.418 e. The number of hydrogen-bond donors (Lipinski definition) is 3. The Labute approximate surface area is 199 Å². The van der Waals surface area contributed by atoms with Gasteiger partial charge in [-0.05, 0) is 13.0 Å². The number of nitrogens with zero attached hydrogens (tertiary/aromatic N) is 4. The van der Waals surface area contributed by atoms with Crippen molar-refractivity contribution >= 4 is 52.1 Å². The fraction of sp³-hybridized carbons (Fsp3) is 0.278. The largest absolute Gasteiger partial charge is 0.418 e. The van der Waals surface area contributed by atoms with Crippen molar-refractivity contribution in [1.82, 2.24) is 25.3 Å². The summed E-state index contributed by atoms with van der Waals surface area (Å²) in [4.78, 5) is 28.2. The second-order valence-corrected chi connectivity index (χ2v) is 8.35. The van der Waals surface area contributed by atoms with Crippen LogP contribution in [-0.2, 0) is 17.5 Å². The van der Waals surface area contributed by atoms with E-state index in [4.69, 9.17) is 33.7 Å². The lowest BCUT2D eigenvalue weighted by Gasteiger charge is -2.12. The number of halogens is 5. The molecule has 0 saturated heterocycles. The molecule has 1 amide bonds. The molecular weight excluding hydrogens is 506 g/mol. The number of nitrogens with two attached hydrogens (primary N) is 1. The number of pyridine rings is 1. The first-order chi connectivity index (χ1) is 15.6. The molecular formula is C18H16Cl2F3N7O2S. The van der Waals surface area contributed by atoms with Gasteiger partial charge in [0.15, 0.2) is 0 Å². The number of anilines is 2. The average molecular weight is 522 g/mol. The highest BCUT2D eigenvalue weighted by Gasteiger charge is 2.34. The second-order valence-electron chi connectivity index (χ2n) is 6.50. The molecule has 3 heterocycles. The Hall–Kier alpha value is -2.58. The molecule has 176 valence electrons. The molecule has 9 nitrogen and oxygen atoms in total. The van der Waals surface area contributed by atoms with Crippen LogP contribution < -0.4 is 16.4 Å². The molecule has 0 unspecified atom stereocenters. The summed E-state index contributed by atoms with van der Waals surface area (Å²) in [5.41, 5.74) is 4.95. The Morgan fingerprint density at radius 2 is 2.00 bits per heavy atom. The van der Waals surface area contributed by atoms with Crippen molar-refractivity contribution < 1.29 is 22.7 Å². The molecule has 0 bridgehead atoms. The zero-order chi connectivity index (χ0) is 24.2.